The van der Waals surface area contributed by atoms with Crippen LogP contribution in [-0.4, -0.2) is 43.8 Å². The zero-order valence-corrected chi connectivity index (χ0v) is 24.7. The van der Waals surface area contributed by atoms with Crippen molar-refractivity contribution in [2.24, 2.45) is 0 Å². The van der Waals surface area contributed by atoms with Gasteiger partial charge in [-0.25, -0.2) is 8.42 Å². The molecule has 2 amide bonds. The minimum absolute atomic E-state index is 0.0154. The monoisotopic (exact) mass is 589 g/mol. The highest BCUT2D eigenvalue weighted by Gasteiger charge is 2.33. The molecule has 0 heterocycles. The van der Waals surface area contributed by atoms with Gasteiger partial charge >= 0.3 is 0 Å². The van der Waals surface area contributed by atoms with E-state index in [1.165, 1.54) is 23.1 Å². The Morgan fingerprint density at radius 1 is 0.949 bits per heavy atom. The molecule has 39 heavy (non-hydrogen) atoms. The first-order valence-electron chi connectivity index (χ1n) is 12.6. The number of rotatable bonds is 11. The minimum Gasteiger partial charge on any atom is -0.352 e. The van der Waals surface area contributed by atoms with Gasteiger partial charge in [-0.2, -0.15) is 0 Å². The number of hydrogen-bond donors (Lipinski definition) is 1. The molecule has 7 nitrogen and oxygen atoms in total. The summed E-state index contributed by atoms with van der Waals surface area (Å²) in [4.78, 5) is 28.4. The zero-order valence-electron chi connectivity index (χ0n) is 22.4. The predicted molar refractivity (Wildman–Crippen MR) is 157 cm³/mol. The molecule has 0 saturated carbocycles. The second-order valence-electron chi connectivity index (χ2n) is 9.41. The summed E-state index contributed by atoms with van der Waals surface area (Å²) in [6.45, 7) is 6.75. The van der Waals surface area contributed by atoms with E-state index in [1.807, 2.05) is 20.8 Å². The average Bonchev–Trinajstić information content (AvgIpc) is 2.90. The van der Waals surface area contributed by atoms with Crippen molar-refractivity contribution in [3.05, 3.63) is 94.0 Å². The number of carbonyl (C=O) groups excluding carboxylic acids is 2. The van der Waals surface area contributed by atoms with Crippen LogP contribution in [0, 0.1) is 6.92 Å². The number of amides is 2. The molecule has 208 valence electrons. The van der Waals surface area contributed by atoms with E-state index in [2.05, 4.69) is 5.32 Å². The molecule has 0 spiro atoms. The fourth-order valence-corrected chi connectivity index (χ4v) is 5.64. The standard InChI is InChI=1S/C29H33Cl2N3O4S/c1-5-21(3)32-29(36)22(4)33(18-23-9-6-7-12-27(23)31)28(35)19-34(25-11-8-10-24(30)17-25)39(37,38)26-15-13-20(2)14-16-26/h6-17,21-22H,5,18-19H2,1-4H3,(H,32,36)/t21-,22+/m1/s1. The Balaban J connectivity index is 2.04. The van der Waals surface area contributed by atoms with Crippen LogP contribution in [0.3, 0.4) is 0 Å². The van der Waals surface area contributed by atoms with Crippen molar-refractivity contribution in [1.29, 1.82) is 0 Å². The predicted octanol–water partition coefficient (Wildman–Crippen LogP) is 5.83. The Morgan fingerprint density at radius 2 is 1.62 bits per heavy atom. The number of nitrogens with zero attached hydrogens (tertiary/aromatic N) is 2. The molecule has 3 rings (SSSR count). The van der Waals surface area contributed by atoms with E-state index in [9.17, 15) is 18.0 Å². The maximum atomic E-state index is 13.9. The molecule has 0 aromatic heterocycles. The summed E-state index contributed by atoms with van der Waals surface area (Å²) in [5.41, 5.74) is 1.75. The third-order valence-corrected chi connectivity index (χ3v) is 8.84. The largest absolute Gasteiger partial charge is 0.352 e. The van der Waals surface area contributed by atoms with E-state index in [1.54, 1.807) is 61.5 Å². The van der Waals surface area contributed by atoms with Crippen LogP contribution >= 0.6 is 23.2 Å². The number of nitrogens with one attached hydrogen (secondary N) is 1. The van der Waals surface area contributed by atoms with Crippen molar-refractivity contribution in [3.63, 3.8) is 0 Å². The van der Waals surface area contributed by atoms with Gasteiger partial charge in [-0.3, -0.25) is 13.9 Å². The highest BCUT2D eigenvalue weighted by atomic mass is 35.5. The Kier molecular flexibility index (Phi) is 10.4. The lowest BCUT2D eigenvalue weighted by molar-refractivity contribution is -0.139. The molecule has 0 aliphatic carbocycles. The molecule has 0 saturated heterocycles. The van der Waals surface area contributed by atoms with Crippen molar-refractivity contribution < 1.29 is 18.0 Å². The third-order valence-electron chi connectivity index (χ3n) is 6.45. The minimum atomic E-state index is -4.17. The maximum Gasteiger partial charge on any atom is 0.264 e. The Morgan fingerprint density at radius 3 is 2.23 bits per heavy atom. The topological polar surface area (TPSA) is 86.8 Å². The van der Waals surface area contributed by atoms with Gasteiger partial charge in [-0.1, -0.05) is 72.1 Å². The Labute approximate surface area is 240 Å². The van der Waals surface area contributed by atoms with Crippen LogP contribution in [-0.2, 0) is 26.2 Å². The number of hydrogen-bond acceptors (Lipinski definition) is 4. The summed E-state index contributed by atoms with van der Waals surface area (Å²) in [7, 11) is -4.17. The van der Waals surface area contributed by atoms with E-state index in [0.29, 0.717) is 22.0 Å². The first kappa shape index (κ1) is 30.5. The fraction of sp³-hybridized carbons (Fsp3) is 0.310. The SMILES string of the molecule is CC[C@@H](C)NC(=O)[C@H](C)N(Cc1ccccc1Cl)C(=O)CN(c1cccc(Cl)c1)S(=O)(=O)c1ccc(C)cc1. The molecule has 3 aromatic carbocycles. The van der Waals surface area contributed by atoms with E-state index in [-0.39, 0.29) is 29.1 Å². The normalized spacial score (nSPS) is 12.9. The second-order valence-corrected chi connectivity index (χ2v) is 12.1. The van der Waals surface area contributed by atoms with Crippen LogP contribution in [0.5, 0.6) is 0 Å². The van der Waals surface area contributed by atoms with E-state index >= 15 is 0 Å². The van der Waals surface area contributed by atoms with Gasteiger partial charge < -0.3 is 10.2 Å². The first-order valence-corrected chi connectivity index (χ1v) is 14.8. The number of sulfonamides is 1. The van der Waals surface area contributed by atoms with Crippen LogP contribution in [0.2, 0.25) is 10.0 Å². The first-order chi connectivity index (χ1) is 18.4. The van der Waals surface area contributed by atoms with Gasteiger partial charge in [-0.15, -0.1) is 0 Å². The zero-order chi connectivity index (χ0) is 28.7. The summed E-state index contributed by atoms with van der Waals surface area (Å²) in [6, 6.07) is 18.7. The number of anilines is 1. The van der Waals surface area contributed by atoms with Crippen molar-refractivity contribution in [3.8, 4) is 0 Å². The maximum absolute atomic E-state index is 13.9. The van der Waals surface area contributed by atoms with Gasteiger partial charge in [0.15, 0.2) is 0 Å². The average molecular weight is 591 g/mol. The molecule has 1 N–H and O–H groups in total. The van der Waals surface area contributed by atoms with Crippen molar-refractivity contribution in [2.45, 2.75) is 57.6 Å². The molecule has 0 radical (unpaired) electrons. The number of carbonyl (C=O) groups is 2. The van der Waals surface area contributed by atoms with Gasteiger partial charge in [-0.05, 0) is 69.2 Å². The second kappa shape index (κ2) is 13.3. The lowest BCUT2D eigenvalue weighted by Crippen LogP contribution is -2.52. The molecular weight excluding hydrogens is 557 g/mol. The van der Waals surface area contributed by atoms with E-state index < -0.39 is 28.5 Å². The Hall–Kier alpha value is -3.07. The molecule has 0 aliphatic heterocycles. The third kappa shape index (κ3) is 7.75. The highest BCUT2D eigenvalue weighted by Crippen LogP contribution is 2.27. The van der Waals surface area contributed by atoms with Gasteiger partial charge in [0.1, 0.15) is 12.6 Å². The van der Waals surface area contributed by atoms with Crippen molar-refractivity contribution >= 4 is 50.7 Å². The molecule has 0 aliphatic rings. The smallest absolute Gasteiger partial charge is 0.264 e. The van der Waals surface area contributed by atoms with E-state index in [0.717, 1.165) is 9.87 Å². The summed E-state index contributed by atoms with van der Waals surface area (Å²) in [6.07, 6.45) is 0.717. The summed E-state index contributed by atoms with van der Waals surface area (Å²) < 4.78 is 28.7. The summed E-state index contributed by atoms with van der Waals surface area (Å²) >= 11 is 12.6. The molecule has 0 fully saturated rings. The van der Waals surface area contributed by atoms with Crippen molar-refractivity contribution in [2.75, 3.05) is 10.8 Å². The molecule has 2 atom stereocenters. The molecule has 0 bridgehead atoms. The number of halogens is 2. The molecule has 3 aromatic rings. The van der Waals surface area contributed by atoms with E-state index in [4.69, 9.17) is 23.2 Å². The van der Waals surface area contributed by atoms with Gasteiger partial charge in [0.05, 0.1) is 10.6 Å². The van der Waals surface area contributed by atoms with Crippen LogP contribution in [0.15, 0.2) is 77.7 Å². The van der Waals surface area contributed by atoms with Crippen molar-refractivity contribution in [1.82, 2.24) is 10.2 Å². The lowest BCUT2D eigenvalue weighted by Gasteiger charge is -2.32. The number of benzene rings is 3. The number of aryl methyl sites for hydroxylation is 1. The quantitative estimate of drug-likeness (QED) is 0.305. The van der Waals surface area contributed by atoms with Crippen LogP contribution in [0.1, 0.15) is 38.3 Å². The van der Waals surface area contributed by atoms with Crippen LogP contribution < -0.4 is 9.62 Å². The van der Waals surface area contributed by atoms with Gasteiger partial charge in [0.25, 0.3) is 10.0 Å². The molecule has 0 unspecified atom stereocenters. The van der Waals surface area contributed by atoms with Gasteiger partial charge in [0.2, 0.25) is 11.8 Å². The fourth-order valence-electron chi connectivity index (χ4n) is 3.86. The van der Waals surface area contributed by atoms with Crippen LogP contribution in [0.25, 0.3) is 0 Å². The van der Waals surface area contributed by atoms with Crippen LogP contribution in [0.4, 0.5) is 5.69 Å². The summed E-state index contributed by atoms with van der Waals surface area (Å²) in [5.74, 6) is -0.919. The highest BCUT2D eigenvalue weighted by molar-refractivity contribution is 7.92. The molecule has 10 heteroatoms. The summed E-state index contributed by atoms with van der Waals surface area (Å²) in [5, 5.41) is 3.66. The van der Waals surface area contributed by atoms with Gasteiger partial charge in [0, 0.05) is 22.6 Å². The Bertz CT molecular complexity index is 1410. The lowest BCUT2D eigenvalue weighted by atomic mass is 10.1. The molecular formula is C29H33Cl2N3O4S.